The molecule has 1 saturated carbocycles. The van der Waals surface area contributed by atoms with Gasteiger partial charge in [0.15, 0.2) is 9.84 Å². The van der Waals surface area contributed by atoms with Gasteiger partial charge in [-0.15, -0.1) is 0 Å². The Morgan fingerprint density at radius 2 is 2.00 bits per heavy atom. The van der Waals surface area contributed by atoms with E-state index >= 15 is 0 Å². The lowest BCUT2D eigenvalue weighted by Gasteiger charge is -2.16. The molecule has 1 unspecified atom stereocenters. The van der Waals surface area contributed by atoms with Crippen molar-refractivity contribution < 1.29 is 18.0 Å². The molecule has 1 fully saturated rings. The van der Waals surface area contributed by atoms with Crippen LogP contribution in [0.5, 0.6) is 0 Å². The van der Waals surface area contributed by atoms with E-state index < -0.39 is 27.3 Å². The topological polar surface area (TPSA) is 110 Å². The molecule has 1 aliphatic carbocycles. The van der Waals surface area contributed by atoms with Crippen LogP contribution < -0.4 is 11.0 Å². The maximum atomic E-state index is 13.0. The van der Waals surface area contributed by atoms with E-state index in [2.05, 4.69) is 10.6 Å². The first-order chi connectivity index (χ1) is 13.2. The van der Waals surface area contributed by atoms with Crippen LogP contribution in [0.4, 0.5) is 0 Å². The molecule has 0 bridgehead atoms. The Kier molecular flexibility index (Phi) is 4.48. The molecule has 2 heterocycles. The molecule has 1 aromatic heterocycles. The highest BCUT2D eigenvalue weighted by atomic mass is 35.5. The monoisotopic (exact) mass is 423 g/mol. The SMILES string of the molecule is CC1=CC(c2c(S(C)(=O)=O)ccc(C(=O)c3c[nH]n(C4CC4)c3=O)c2Cl)ON1. The van der Waals surface area contributed by atoms with Gasteiger partial charge in [0.1, 0.15) is 11.7 Å². The standard InChI is InChI=1S/C18H18ClN3O5S/c1-9-7-13(27-21-9)15-14(28(2,25)26)6-5-11(16(15)19)17(23)12-8-20-22(18(12)24)10-3-4-10/h5-8,10,13,20-21H,3-4H2,1-2H3. The largest absolute Gasteiger partial charge is 0.302 e. The molecular formula is C18H18ClN3O5S. The maximum Gasteiger partial charge on any atom is 0.277 e. The Labute approximate surface area is 166 Å². The molecule has 1 aromatic carbocycles. The summed E-state index contributed by atoms with van der Waals surface area (Å²) in [6.45, 7) is 1.75. The van der Waals surface area contributed by atoms with Gasteiger partial charge in [0.25, 0.3) is 5.56 Å². The van der Waals surface area contributed by atoms with Crippen molar-refractivity contribution in [3.63, 3.8) is 0 Å². The molecule has 8 nitrogen and oxygen atoms in total. The Bertz CT molecular complexity index is 1170. The van der Waals surface area contributed by atoms with Gasteiger partial charge >= 0.3 is 0 Å². The molecule has 0 amide bonds. The summed E-state index contributed by atoms with van der Waals surface area (Å²) in [5.74, 6) is -0.571. The normalized spacial score (nSPS) is 19.4. The van der Waals surface area contributed by atoms with E-state index in [1.165, 1.54) is 23.0 Å². The quantitative estimate of drug-likeness (QED) is 0.714. The average Bonchev–Trinajstić information content (AvgIpc) is 3.26. The number of hydroxylamine groups is 1. The number of halogens is 1. The molecule has 2 aromatic rings. The highest BCUT2D eigenvalue weighted by Crippen LogP contribution is 2.38. The number of aromatic nitrogens is 2. The minimum Gasteiger partial charge on any atom is -0.302 e. The van der Waals surface area contributed by atoms with Gasteiger partial charge in [-0.2, -0.15) is 0 Å². The summed E-state index contributed by atoms with van der Waals surface area (Å²) >= 11 is 6.49. The van der Waals surface area contributed by atoms with Gasteiger partial charge < -0.3 is 5.10 Å². The van der Waals surface area contributed by atoms with E-state index in [1.807, 2.05) is 0 Å². The van der Waals surface area contributed by atoms with Gasteiger partial charge in [0, 0.05) is 29.3 Å². The molecule has 28 heavy (non-hydrogen) atoms. The Balaban J connectivity index is 1.84. The zero-order chi connectivity index (χ0) is 20.2. The lowest BCUT2D eigenvalue weighted by atomic mass is 10.00. The molecule has 0 spiro atoms. The smallest absolute Gasteiger partial charge is 0.277 e. The number of allylic oxidation sites excluding steroid dienone is 1. The number of aromatic amines is 1. The predicted octanol–water partition coefficient (Wildman–Crippen LogP) is 2.28. The van der Waals surface area contributed by atoms with Crippen LogP contribution in [0, 0.1) is 0 Å². The van der Waals surface area contributed by atoms with Crippen LogP contribution in [0.2, 0.25) is 5.02 Å². The first-order valence-electron chi connectivity index (χ1n) is 8.65. The van der Waals surface area contributed by atoms with Crippen LogP contribution >= 0.6 is 11.6 Å². The number of sulfone groups is 1. The summed E-state index contributed by atoms with van der Waals surface area (Å²) in [7, 11) is -3.63. The van der Waals surface area contributed by atoms with E-state index in [0.717, 1.165) is 19.1 Å². The Hall–Kier alpha value is -2.36. The number of hydrogen-bond donors (Lipinski definition) is 2. The van der Waals surface area contributed by atoms with Gasteiger partial charge in [-0.05, 0) is 38.0 Å². The van der Waals surface area contributed by atoms with E-state index in [9.17, 15) is 18.0 Å². The summed E-state index contributed by atoms with van der Waals surface area (Å²) in [4.78, 5) is 30.9. The summed E-state index contributed by atoms with van der Waals surface area (Å²) in [5.41, 5.74) is 3.10. The van der Waals surface area contributed by atoms with Crippen LogP contribution in [0.15, 0.2) is 39.8 Å². The second kappa shape index (κ2) is 6.61. The van der Waals surface area contributed by atoms with Gasteiger partial charge in [-0.3, -0.25) is 19.9 Å². The molecule has 0 radical (unpaired) electrons. The molecule has 2 N–H and O–H groups in total. The third-order valence-electron chi connectivity index (χ3n) is 4.77. The van der Waals surface area contributed by atoms with Crippen LogP contribution in [0.1, 0.15) is 53.4 Å². The number of nitrogens with zero attached hydrogens (tertiary/aromatic N) is 1. The third-order valence-corrected chi connectivity index (χ3v) is 6.33. The van der Waals surface area contributed by atoms with Crippen LogP contribution in [-0.2, 0) is 14.7 Å². The Morgan fingerprint density at radius 1 is 1.29 bits per heavy atom. The van der Waals surface area contributed by atoms with Crippen LogP contribution in [-0.4, -0.2) is 30.2 Å². The van der Waals surface area contributed by atoms with Crippen LogP contribution in [0.25, 0.3) is 0 Å². The van der Waals surface area contributed by atoms with Crippen molar-refractivity contribution in [2.24, 2.45) is 0 Å². The average molecular weight is 424 g/mol. The number of carbonyl (C=O) groups excluding carboxylic acids is 1. The minimum atomic E-state index is -3.63. The first-order valence-corrected chi connectivity index (χ1v) is 10.9. The van der Waals surface area contributed by atoms with Crippen molar-refractivity contribution in [2.75, 3.05) is 6.26 Å². The molecular weight excluding hydrogens is 406 g/mol. The highest BCUT2D eigenvalue weighted by Gasteiger charge is 2.32. The summed E-state index contributed by atoms with van der Waals surface area (Å²) < 4.78 is 25.9. The lowest BCUT2D eigenvalue weighted by Crippen LogP contribution is -2.21. The number of nitrogens with one attached hydrogen (secondary N) is 2. The van der Waals surface area contributed by atoms with E-state index in [1.54, 1.807) is 13.0 Å². The summed E-state index contributed by atoms with van der Waals surface area (Å²) in [6, 6.07) is 2.75. The van der Waals surface area contributed by atoms with Crippen molar-refractivity contribution >= 4 is 27.2 Å². The van der Waals surface area contributed by atoms with Crippen LogP contribution in [0.3, 0.4) is 0 Å². The number of H-pyrrole nitrogens is 1. The molecule has 0 saturated heterocycles. The molecule has 4 rings (SSSR count). The fraction of sp³-hybridized carbons (Fsp3) is 0.333. The molecule has 1 atom stereocenters. The zero-order valence-electron chi connectivity index (χ0n) is 15.2. The molecule has 1 aliphatic heterocycles. The number of ketones is 1. The van der Waals surface area contributed by atoms with Crippen molar-refractivity contribution in [3.05, 3.63) is 62.2 Å². The van der Waals surface area contributed by atoms with E-state index in [0.29, 0.717) is 5.70 Å². The first kappa shape index (κ1) is 19.0. The zero-order valence-corrected chi connectivity index (χ0v) is 16.7. The molecule has 10 heteroatoms. The van der Waals surface area contributed by atoms with Gasteiger partial charge in [0.05, 0.1) is 16.0 Å². The van der Waals surface area contributed by atoms with Crippen molar-refractivity contribution in [1.82, 2.24) is 15.3 Å². The molecule has 148 valence electrons. The van der Waals surface area contributed by atoms with Gasteiger partial charge in [-0.25, -0.2) is 13.1 Å². The summed E-state index contributed by atoms with van der Waals surface area (Å²) in [5, 5.41) is 2.77. The lowest BCUT2D eigenvalue weighted by molar-refractivity contribution is 0.0407. The third kappa shape index (κ3) is 3.19. The van der Waals surface area contributed by atoms with E-state index in [-0.39, 0.29) is 32.7 Å². The van der Waals surface area contributed by atoms with Gasteiger partial charge in [-0.1, -0.05) is 11.6 Å². The number of benzene rings is 1. The van der Waals surface area contributed by atoms with Crippen molar-refractivity contribution in [3.8, 4) is 0 Å². The number of rotatable bonds is 5. The fourth-order valence-corrected chi connectivity index (χ4v) is 4.58. The maximum absolute atomic E-state index is 13.0. The second-order valence-electron chi connectivity index (χ2n) is 7.02. The fourth-order valence-electron chi connectivity index (χ4n) is 3.23. The number of hydrogen-bond acceptors (Lipinski definition) is 6. The predicted molar refractivity (Wildman–Crippen MR) is 102 cm³/mol. The highest BCUT2D eigenvalue weighted by molar-refractivity contribution is 7.90. The van der Waals surface area contributed by atoms with Crippen molar-refractivity contribution in [1.29, 1.82) is 0 Å². The van der Waals surface area contributed by atoms with Crippen molar-refractivity contribution in [2.45, 2.75) is 36.8 Å². The second-order valence-corrected chi connectivity index (χ2v) is 9.39. The molecule has 2 aliphatic rings. The number of carbonyl (C=O) groups is 1. The van der Waals surface area contributed by atoms with E-state index in [4.69, 9.17) is 16.4 Å². The van der Waals surface area contributed by atoms with Gasteiger partial charge in [0.2, 0.25) is 5.78 Å². The summed E-state index contributed by atoms with van der Waals surface area (Å²) in [6.07, 6.45) is 5.09. The minimum absolute atomic E-state index is 0.0312. The Morgan fingerprint density at radius 3 is 2.57 bits per heavy atom.